The van der Waals surface area contributed by atoms with Crippen molar-refractivity contribution in [3.63, 3.8) is 0 Å². The third-order valence-corrected chi connectivity index (χ3v) is 3.59. The van der Waals surface area contributed by atoms with E-state index in [1.54, 1.807) is 0 Å². The smallest absolute Gasteiger partial charge is 0.222 e. The zero-order valence-electron chi connectivity index (χ0n) is 11.0. The highest BCUT2D eigenvalue weighted by molar-refractivity contribution is 5.76. The molecule has 2 aliphatic heterocycles. The number of hydrogen-bond donors (Lipinski definition) is 1. The van der Waals surface area contributed by atoms with Crippen LogP contribution >= 0.6 is 0 Å². The summed E-state index contributed by atoms with van der Waals surface area (Å²) < 4.78 is 11.0. The average Bonchev–Trinajstić information content (AvgIpc) is 2.88. The van der Waals surface area contributed by atoms with Crippen LogP contribution in [0, 0.1) is 0 Å². The summed E-state index contributed by atoms with van der Waals surface area (Å²) in [6.45, 7) is 3.87. The van der Waals surface area contributed by atoms with Gasteiger partial charge in [-0.3, -0.25) is 4.79 Å². The Balaban J connectivity index is 1.76. The summed E-state index contributed by atoms with van der Waals surface area (Å²) in [7, 11) is 0. The normalized spacial score (nSPS) is 32.8. The van der Waals surface area contributed by atoms with Crippen LogP contribution in [0.5, 0.6) is 0 Å². The third-order valence-electron chi connectivity index (χ3n) is 3.59. The number of aliphatic hydroxyl groups excluding tert-OH is 1. The lowest BCUT2D eigenvalue weighted by Crippen LogP contribution is -2.50. The molecule has 0 aliphatic carbocycles. The summed E-state index contributed by atoms with van der Waals surface area (Å²) in [6, 6.07) is 0. The lowest BCUT2D eigenvalue weighted by atomic mass is 10.1. The third kappa shape index (κ3) is 3.67. The first-order valence-electron chi connectivity index (χ1n) is 6.84. The summed E-state index contributed by atoms with van der Waals surface area (Å²) >= 11 is 0. The molecule has 5 heteroatoms. The maximum atomic E-state index is 12.1. The molecule has 0 aromatic carbocycles. The molecule has 0 saturated carbocycles. The minimum absolute atomic E-state index is 0.00239. The number of hydrogen-bond acceptors (Lipinski definition) is 4. The molecule has 1 amide bonds. The van der Waals surface area contributed by atoms with Gasteiger partial charge < -0.3 is 19.5 Å². The predicted octanol–water partition coefficient (Wildman–Crippen LogP) is 0.554. The number of ether oxygens (including phenoxy) is 2. The molecule has 2 heterocycles. The van der Waals surface area contributed by atoms with Crippen molar-refractivity contribution in [1.29, 1.82) is 0 Å². The van der Waals surface area contributed by atoms with Gasteiger partial charge in [-0.25, -0.2) is 0 Å². The SMILES string of the molecule is CC1CN(C(=O)CCC2CCCO2)CC(CO)O1. The Kier molecular flexibility index (Phi) is 4.97. The second kappa shape index (κ2) is 6.50. The molecule has 2 saturated heterocycles. The Labute approximate surface area is 108 Å². The van der Waals surface area contributed by atoms with E-state index in [9.17, 15) is 4.79 Å². The van der Waals surface area contributed by atoms with E-state index in [1.807, 2.05) is 11.8 Å². The molecule has 3 atom stereocenters. The van der Waals surface area contributed by atoms with Crippen molar-refractivity contribution in [2.75, 3.05) is 26.3 Å². The standard InChI is InChI=1S/C13H23NO4/c1-10-7-14(8-12(9-15)18-10)13(16)5-4-11-3-2-6-17-11/h10-12,15H,2-9H2,1H3. The van der Waals surface area contributed by atoms with Crippen LogP contribution in [0.1, 0.15) is 32.6 Å². The van der Waals surface area contributed by atoms with E-state index in [0.29, 0.717) is 19.5 Å². The lowest BCUT2D eigenvalue weighted by Gasteiger charge is -2.36. The van der Waals surface area contributed by atoms with Gasteiger partial charge in [0.2, 0.25) is 5.91 Å². The molecule has 0 aromatic heterocycles. The largest absolute Gasteiger partial charge is 0.394 e. The van der Waals surface area contributed by atoms with Crippen molar-refractivity contribution >= 4 is 5.91 Å². The van der Waals surface area contributed by atoms with Crippen molar-refractivity contribution in [3.05, 3.63) is 0 Å². The van der Waals surface area contributed by atoms with Gasteiger partial charge in [0.05, 0.1) is 24.9 Å². The fourth-order valence-electron chi connectivity index (χ4n) is 2.66. The summed E-state index contributed by atoms with van der Waals surface area (Å²) in [5.74, 6) is 0.152. The van der Waals surface area contributed by atoms with Crippen molar-refractivity contribution in [2.24, 2.45) is 0 Å². The fraction of sp³-hybridized carbons (Fsp3) is 0.923. The highest BCUT2D eigenvalue weighted by Gasteiger charge is 2.28. The van der Waals surface area contributed by atoms with Gasteiger partial charge in [-0.15, -0.1) is 0 Å². The van der Waals surface area contributed by atoms with Crippen LogP contribution in [0.3, 0.4) is 0 Å². The van der Waals surface area contributed by atoms with Crippen LogP contribution in [0.2, 0.25) is 0 Å². The van der Waals surface area contributed by atoms with Crippen molar-refractivity contribution < 1.29 is 19.4 Å². The number of carbonyl (C=O) groups is 1. The van der Waals surface area contributed by atoms with E-state index in [0.717, 1.165) is 25.9 Å². The minimum atomic E-state index is -0.236. The number of rotatable bonds is 4. The molecule has 0 aromatic rings. The van der Waals surface area contributed by atoms with Gasteiger partial charge >= 0.3 is 0 Å². The summed E-state index contributed by atoms with van der Waals surface area (Å²) in [5.41, 5.74) is 0. The van der Waals surface area contributed by atoms with Gasteiger partial charge in [0.25, 0.3) is 0 Å². The van der Waals surface area contributed by atoms with E-state index < -0.39 is 0 Å². The van der Waals surface area contributed by atoms with E-state index in [2.05, 4.69) is 0 Å². The Bertz CT molecular complexity index is 278. The Morgan fingerprint density at radius 2 is 2.22 bits per heavy atom. The molecule has 2 rings (SSSR count). The van der Waals surface area contributed by atoms with Crippen molar-refractivity contribution in [3.8, 4) is 0 Å². The second-order valence-corrected chi connectivity index (χ2v) is 5.22. The topological polar surface area (TPSA) is 59.0 Å². The predicted molar refractivity (Wildman–Crippen MR) is 66.2 cm³/mol. The minimum Gasteiger partial charge on any atom is -0.394 e. The molecule has 5 nitrogen and oxygen atoms in total. The monoisotopic (exact) mass is 257 g/mol. The van der Waals surface area contributed by atoms with Crippen molar-refractivity contribution in [2.45, 2.75) is 50.9 Å². The van der Waals surface area contributed by atoms with Gasteiger partial charge in [0.15, 0.2) is 0 Å². The first-order chi connectivity index (χ1) is 8.69. The zero-order valence-corrected chi connectivity index (χ0v) is 11.0. The van der Waals surface area contributed by atoms with Crippen LogP contribution in [0.4, 0.5) is 0 Å². The quantitative estimate of drug-likeness (QED) is 0.799. The molecule has 0 bridgehead atoms. The number of morpholine rings is 1. The van der Waals surface area contributed by atoms with Crippen LogP contribution in [0.25, 0.3) is 0 Å². The Morgan fingerprint density at radius 3 is 2.89 bits per heavy atom. The van der Waals surface area contributed by atoms with Crippen LogP contribution in [0.15, 0.2) is 0 Å². The molecule has 0 radical (unpaired) electrons. The van der Waals surface area contributed by atoms with E-state index in [4.69, 9.17) is 14.6 Å². The van der Waals surface area contributed by atoms with Gasteiger partial charge in [0, 0.05) is 26.1 Å². The molecule has 2 aliphatic rings. The second-order valence-electron chi connectivity index (χ2n) is 5.22. The highest BCUT2D eigenvalue weighted by atomic mass is 16.5. The number of aliphatic hydroxyl groups is 1. The lowest BCUT2D eigenvalue weighted by molar-refractivity contribution is -0.147. The number of carbonyl (C=O) groups excluding carboxylic acids is 1. The first kappa shape index (κ1) is 13.8. The number of amides is 1. The van der Waals surface area contributed by atoms with Gasteiger partial charge in [-0.05, 0) is 26.2 Å². The molecule has 3 unspecified atom stereocenters. The maximum absolute atomic E-state index is 12.1. The first-order valence-corrected chi connectivity index (χ1v) is 6.84. The summed E-state index contributed by atoms with van der Waals surface area (Å²) in [6.07, 6.45) is 3.57. The van der Waals surface area contributed by atoms with E-state index in [1.165, 1.54) is 0 Å². The zero-order chi connectivity index (χ0) is 13.0. The summed E-state index contributed by atoms with van der Waals surface area (Å²) in [5, 5.41) is 9.13. The molecule has 18 heavy (non-hydrogen) atoms. The van der Waals surface area contributed by atoms with Crippen LogP contribution in [-0.4, -0.2) is 60.5 Å². The number of nitrogens with zero attached hydrogens (tertiary/aromatic N) is 1. The van der Waals surface area contributed by atoms with Gasteiger partial charge in [-0.1, -0.05) is 0 Å². The van der Waals surface area contributed by atoms with Crippen molar-refractivity contribution in [1.82, 2.24) is 4.90 Å². The Hall–Kier alpha value is -0.650. The van der Waals surface area contributed by atoms with Crippen LogP contribution in [-0.2, 0) is 14.3 Å². The Morgan fingerprint density at radius 1 is 1.39 bits per heavy atom. The average molecular weight is 257 g/mol. The van der Waals surface area contributed by atoms with E-state index in [-0.39, 0.29) is 30.8 Å². The highest BCUT2D eigenvalue weighted by Crippen LogP contribution is 2.18. The molecule has 2 fully saturated rings. The summed E-state index contributed by atoms with van der Waals surface area (Å²) in [4.78, 5) is 13.9. The van der Waals surface area contributed by atoms with Gasteiger partial charge in [-0.2, -0.15) is 0 Å². The molecule has 1 N–H and O–H groups in total. The molecular formula is C13H23NO4. The molecule has 104 valence electrons. The molecular weight excluding hydrogens is 234 g/mol. The van der Waals surface area contributed by atoms with E-state index >= 15 is 0 Å². The maximum Gasteiger partial charge on any atom is 0.222 e. The van der Waals surface area contributed by atoms with Gasteiger partial charge in [0.1, 0.15) is 0 Å². The molecule has 0 spiro atoms. The fourth-order valence-corrected chi connectivity index (χ4v) is 2.66. The van der Waals surface area contributed by atoms with Crippen LogP contribution < -0.4 is 0 Å².